The number of nitro groups is 1. The van der Waals surface area contributed by atoms with E-state index in [9.17, 15) is 10.1 Å². The Morgan fingerprint density at radius 2 is 1.95 bits per heavy atom. The number of halogens is 1. The molecule has 0 N–H and O–H groups in total. The summed E-state index contributed by atoms with van der Waals surface area (Å²) in [6.07, 6.45) is 3.30. The Morgan fingerprint density at radius 3 is 2.63 bits per heavy atom. The highest BCUT2D eigenvalue weighted by atomic mass is 79.9. The predicted octanol–water partition coefficient (Wildman–Crippen LogP) is 3.35. The maximum atomic E-state index is 11.3. The lowest BCUT2D eigenvalue weighted by Crippen LogP contribution is -2.30. The van der Waals surface area contributed by atoms with Crippen LogP contribution in [0.15, 0.2) is 10.5 Å². The van der Waals surface area contributed by atoms with Gasteiger partial charge in [0.2, 0.25) is 0 Å². The first-order valence-corrected chi connectivity index (χ1v) is 7.55. The van der Waals surface area contributed by atoms with Crippen molar-refractivity contribution in [2.45, 2.75) is 19.3 Å². The van der Waals surface area contributed by atoms with Gasteiger partial charge in [-0.15, -0.1) is 0 Å². The number of nitrogens with zero attached hydrogens (tertiary/aromatic N) is 4. The van der Waals surface area contributed by atoms with Gasteiger partial charge in [-0.25, -0.2) is 0 Å². The van der Waals surface area contributed by atoms with Crippen LogP contribution in [-0.4, -0.2) is 26.8 Å². The highest BCUT2D eigenvalue weighted by Gasteiger charge is 2.27. The fraction of sp³-hybridized carbons (Fsp3) is 0.455. The van der Waals surface area contributed by atoms with Gasteiger partial charge in [0.25, 0.3) is 5.69 Å². The van der Waals surface area contributed by atoms with E-state index in [0.29, 0.717) is 21.2 Å². The molecule has 6 nitrogen and oxygen atoms in total. The molecule has 1 fully saturated rings. The number of hydrogen-bond donors (Lipinski definition) is 0. The SMILES string of the molecule is O=[N+]([O-])c1cc(Br)c2nsnc2c1N1CCCCC1. The minimum atomic E-state index is -0.340. The van der Waals surface area contributed by atoms with E-state index in [2.05, 4.69) is 29.6 Å². The van der Waals surface area contributed by atoms with Gasteiger partial charge < -0.3 is 4.90 Å². The molecule has 0 bridgehead atoms. The lowest BCUT2D eigenvalue weighted by atomic mass is 10.1. The molecule has 19 heavy (non-hydrogen) atoms. The number of hydrogen-bond acceptors (Lipinski definition) is 6. The molecule has 0 amide bonds. The second-order valence-electron chi connectivity index (χ2n) is 4.49. The molecule has 1 aromatic heterocycles. The van der Waals surface area contributed by atoms with Crippen LogP contribution in [0.3, 0.4) is 0 Å². The van der Waals surface area contributed by atoms with Gasteiger partial charge in [0.15, 0.2) is 0 Å². The molecule has 0 saturated carbocycles. The van der Waals surface area contributed by atoms with Gasteiger partial charge in [-0.1, -0.05) is 0 Å². The molecule has 3 rings (SSSR count). The molecule has 0 atom stereocenters. The van der Waals surface area contributed by atoms with Gasteiger partial charge >= 0.3 is 0 Å². The molecule has 1 aliphatic rings. The summed E-state index contributed by atoms with van der Waals surface area (Å²) in [6, 6.07) is 1.54. The molecule has 1 aliphatic heterocycles. The third-order valence-corrected chi connectivity index (χ3v) is 4.45. The smallest absolute Gasteiger partial charge is 0.296 e. The van der Waals surface area contributed by atoms with Crippen molar-refractivity contribution in [2.75, 3.05) is 18.0 Å². The van der Waals surface area contributed by atoms with Crippen molar-refractivity contribution in [1.82, 2.24) is 8.75 Å². The predicted molar refractivity (Wildman–Crippen MR) is 77.8 cm³/mol. The Balaban J connectivity index is 2.23. The van der Waals surface area contributed by atoms with Crippen molar-refractivity contribution < 1.29 is 4.92 Å². The van der Waals surface area contributed by atoms with Gasteiger partial charge in [-0.3, -0.25) is 10.1 Å². The zero-order valence-electron chi connectivity index (χ0n) is 10.0. The molecule has 0 aliphatic carbocycles. The summed E-state index contributed by atoms with van der Waals surface area (Å²) in [7, 11) is 0. The van der Waals surface area contributed by atoms with Crippen molar-refractivity contribution in [1.29, 1.82) is 0 Å². The van der Waals surface area contributed by atoms with Crippen LogP contribution >= 0.6 is 27.7 Å². The topological polar surface area (TPSA) is 72.2 Å². The Labute approximate surface area is 122 Å². The van der Waals surface area contributed by atoms with Crippen LogP contribution in [0.25, 0.3) is 11.0 Å². The van der Waals surface area contributed by atoms with Gasteiger partial charge in [0, 0.05) is 19.2 Å². The highest BCUT2D eigenvalue weighted by Crippen LogP contribution is 2.40. The Morgan fingerprint density at radius 1 is 1.26 bits per heavy atom. The molecule has 1 saturated heterocycles. The van der Waals surface area contributed by atoms with Gasteiger partial charge in [0.1, 0.15) is 16.7 Å². The number of aromatic nitrogens is 2. The first-order chi connectivity index (χ1) is 9.18. The number of fused-ring (bicyclic) bond motifs is 1. The molecule has 1 aromatic carbocycles. The van der Waals surface area contributed by atoms with E-state index in [-0.39, 0.29) is 10.6 Å². The Kier molecular flexibility index (Phi) is 3.36. The molecule has 0 unspecified atom stereocenters. The monoisotopic (exact) mass is 342 g/mol. The average Bonchev–Trinajstić information content (AvgIpc) is 2.89. The van der Waals surface area contributed by atoms with Crippen molar-refractivity contribution in [3.8, 4) is 0 Å². The summed E-state index contributed by atoms with van der Waals surface area (Å²) in [6.45, 7) is 1.68. The molecule has 0 radical (unpaired) electrons. The summed E-state index contributed by atoms with van der Waals surface area (Å²) in [5.41, 5.74) is 2.06. The molecule has 2 heterocycles. The van der Waals surface area contributed by atoms with Crippen LogP contribution in [-0.2, 0) is 0 Å². The highest BCUT2D eigenvalue weighted by molar-refractivity contribution is 9.10. The van der Waals surface area contributed by atoms with E-state index in [4.69, 9.17) is 0 Å². The first kappa shape index (κ1) is 12.7. The van der Waals surface area contributed by atoms with E-state index < -0.39 is 0 Å². The normalized spacial score (nSPS) is 15.9. The van der Waals surface area contributed by atoms with Crippen LogP contribution in [0.1, 0.15) is 19.3 Å². The number of piperidine rings is 1. The minimum Gasteiger partial charge on any atom is -0.364 e. The fourth-order valence-electron chi connectivity index (χ4n) is 2.45. The van der Waals surface area contributed by atoms with Crippen LogP contribution in [0.4, 0.5) is 11.4 Å². The second kappa shape index (κ2) is 5.01. The van der Waals surface area contributed by atoms with E-state index in [0.717, 1.165) is 37.7 Å². The van der Waals surface area contributed by atoms with Crippen molar-refractivity contribution in [3.05, 3.63) is 20.7 Å². The molecule has 2 aromatic rings. The number of benzene rings is 1. The van der Waals surface area contributed by atoms with Gasteiger partial charge in [-0.2, -0.15) is 8.75 Å². The number of rotatable bonds is 2. The van der Waals surface area contributed by atoms with E-state index >= 15 is 0 Å². The maximum absolute atomic E-state index is 11.3. The van der Waals surface area contributed by atoms with Crippen molar-refractivity contribution in [3.63, 3.8) is 0 Å². The van der Waals surface area contributed by atoms with Crippen LogP contribution in [0.2, 0.25) is 0 Å². The van der Waals surface area contributed by atoms with Crippen molar-refractivity contribution >= 4 is 50.1 Å². The molecular weight excluding hydrogens is 332 g/mol. The summed E-state index contributed by atoms with van der Waals surface area (Å²) in [4.78, 5) is 13.0. The third-order valence-electron chi connectivity index (χ3n) is 3.31. The molecular formula is C11H11BrN4O2S. The largest absolute Gasteiger partial charge is 0.364 e. The standard InChI is InChI=1S/C11H11BrN4O2S/c12-7-6-8(16(17)18)11(10-9(7)13-19-14-10)15-4-2-1-3-5-15/h6H,1-5H2. The van der Waals surface area contributed by atoms with Crippen LogP contribution < -0.4 is 4.90 Å². The van der Waals surface area contributed by atoms with Crippen LogP contribution in [0.5, 0.6) is 0 Å². The van der Waals surface area contributed by atoms with Gasteiger partial charge in [0.05, 0.1) is 21.1 Å². The Hall–Kier alpha value is -1.28. The Bertz CT molecular complexity index is 639. The van der Waals surface area contributed by atoms with Crippen molar-refractivity contribution in [2.24, 2.45) is 0 Å². The molecule has 8 heteroatoms. The first-order valence-electron chi connectivity index (χ1n) is 6.02. The quantitative estimate of drug-likeness (QED) is 0.618. The zero-order chi connectivity index (χ0) is 13.4. The van der Waals surface area contributed by atoms with E-state index in [1.54, 1.807) is 0 Å². The van der Waals surface area contributed by atoms with E-state index in [1.807, 2.05) is 0 Å². The second-order valence-corrected chi connectivity index (χ2v) is 5.88. The number of anilines is 1. The summed E-state index contributed by atoms with van der Waals surface area (Å²) < 4.78 is 9.09. The number of nitro benzene ring substituents is 1. The van der Waals surface area contributed by atoms with E-state index in [1.165, 1.54) is 12.5 Å². The summed E-state index contributed by atoms with van der Waals surface area (Å²) in [5.74, 6) is 0. The molecule has 100 valence electrons. The summed E-state index contributed by atoms with van der Waals surface area (Å²) >= 11 is 4.42. The average molecular weight is 343 g/mol. The third kappa shape index (κ3) is 2.18. The maximum Gasteiger partial charge on any atom is 0.296 e. The lowest BCUT2D eigenvalue weighted by molar-refractivity contribution is -0.384. The van der Waals surface area contributed by atoms with Gasteiger partial charge in [-0.05, 0) is 35.2 Å². The molecule has 0 spiro atoms. The minimum absolute atomic E-state index is 0.106. The fourth-order valence-corrected chi connectivity index (χ4v) is 3.62. The van der Waals surface area contributed by atoms with Crippen LogP contribution in [0, 0.1) is 10.1 Å². The zero-order valence-corrected chi connectivity index (χ0v) is 12.4. The lowest BCUT2D eigenvalue weighted by Gasteiger charge is -2.28. The summed E-state index contributed by atoms with van der Waals surface area (Å²) in [5, 5.41) is 11.3.